The van der Waals surface area contributed by atoms with Crippen LogP contribution >= 0.6 is 23.1 Å². The Bertz CT molecular complexity index is 888. The van der Waals surface area contributed by atoms with Gasteiger partial charge in [0.2, 0.25) is 11.8 Å². The highest BCUT2D eigenvalue weighted by Gasteiger charge is 2.22. The number of carbonyl (C=O) groups excluding carboxylic acids is 2. The van der Waals surface area contributed by atoms with Gasteiger partial charge in [0.05, 0.1) is 17.7 Å². The molecular weight excluding hydrogens is 360 g/mol. The van der Waals surface area contributed by atoms with Crippen LogP contribution in [0.4, 0.5) is 0 Å². The Balaban J connectivity index is 1.89. The van der Waals surface area contributed by atoms with Gasteiger partial charge in [-0.15, -0.1) is 11.3 Å². The van der Waals surface area contributed by atoms with E-state index in [1.54, 1.807) is 15.9 Å². The molecule has 7 nitrogen and oxygen atoms in total. The third kappa shape index (κ3) is 3.72. The average molecular weight is 380 g/mol. The van der Waals surface area contributed by atoms with E-state index >= 15 is 0 Å². The molecule has 0 atom stereocenters. The SMILES string of the molecule is CCn1c(SCC(=O)NCC(N)=O)nc2sc3c(c2c1=O)CCCC3. The number of amides is 2. The highest BCUT2D eigenvalue weighted by Crippen LogP contribution is 2.34. The number of nitrogens with one attached hydrogen (secondary N) is 1. The van der Waals surface area contributed by atoms with Crippen molar-refractivity contribution < 1.29 is 9.59 Å². The van der Waals surface area contributed by atoms with Crippen LogP contribution in [0.2, 0.25) is 0 Å². The zero-order chi connectivity index (χ0) is 18.0. The van der Waals surface area contributed by atoms with Crippen molar-refractivity contribution >= 4 is 45.1 Å². The molecule has 3 rings (SSSR count). The first-order valence-corrected chi connectivity index (χ1v) is 10.0. The van der Waals surface area contributed by atoms with Crippen LogP contribution in [0.25, 0.3) is 10.2 Å². The molecule has 1 aliphatic carbocycles. The summed E-state index contributed by atoms with van der Waals surface area (Å²) in [6.07, 6.45) is 4.22. The molecule has 2 amide bonds. The Hall–Kier alpha value is -1.87. The molecule has 0 spiro atoms. The van der Waals surface area contributed by atoms with E-state index < -0.39 is 5.91 Å². The number of fused-ring (bicyclic) bond motifs is 3. The van der Waals surface area contributed by atoms with Gasteiger partial charge < -0.3 is 11.1 Å². The van der Waals surface area contributed by atoms with Gasteiger partial charge in [0.15, 0.2) is 5.16 Å². The van der Waals surface area contributed by atoms with E-state index in [1.165, 1.54) is 22.2 Å². The molecule has 2 aromatic rings. The lowest BCUT2D eigenvalue weighted by Crippen LogP contribution is -2.34. The minimum absolute atomic E-state index is 0.0213. The minimum atomic E-state index is -0.590. The Morgan fingerprint density at radius 3 is 2.84 bits per heavy atom. The lowest BCUT2D eigenvalue weighted by molar-refractivity contribution is -0.123. The number of rotatable bonds is 6. The average Bonchev–Trinajstić information content (AvgIpc) is 2.96. The maximum atomic E-state index is 12.9. The van der Waals surface area contributed by atoms with Crippen molar-refractivity contribution in [3.05, 3.63) is 20.8 Å². The van der Waals surface area contributed by atoms with Gasteiger partial charge in [-0.1, -0.05) is 11.8 Å². The molecule has 0 saturated carbocycles. The largest absolute Gasteiger partial charge is 0.368 e. The summed E-state index contributed by atoms with van der Waals surface area (Å²) in [5.74, 6) is -0.824. The highest BCUT2D eigenvalue weighted by molar-refractivity contribution is 7.99. The number of nitrogens with two attached hydrogens (primary N) is 1. The maximum absolute atomic E-state index is 12.9. The number of carbonyl (C=O) groups is 2. The number of thiophene rings is 1. The lowest BCUT2D eigenvalue weighted by Gasteiger charge is -2.12. The molecule has 0 aliphatic heterocycles. The zero-order valence-electron chi connectivity index (χ0n) is 14.0. The van der Waals surface area contributed by atoms with E-state index in [9.17, 15) is 14.4 Å². The molecule has 9 heteroatoms. The summed E-state index contributed by atoms with van der Waals surface area (Å²) >= 11 is 2.80. The second kappa shape index (κ2) is 7.57. The van der Waals surface area contributed by atoms with E-state index in [-0.39, 0.29) is 23.8 Å². The van der Waals surface area contributed by atoms with Crippen LogP contribution in [0.1, 0.15) is 30.2 Å². The number of primary amides is 1. The van der Waals surface area contributed by atoms with Crippen molar-refractivity contribution in [3.63, 3.8) is 0 Å². The molecule has 2 aromatic heterocycles. The standard InChI is InChI=1S/C16H20N4O3S2/c1-2-20-15(23)13-9-5-3-4-6-10(9)25-14(13)19-16(20)24-8-12(22)18-7-11(17)21/h2-8H2,1H3,(H2,17,21)(H,18,22). The van der Waals surface area contributed by atoms with Crippen LogP contribution in [-0.4, -0.2) is 33.7 Å². The predicted octanol–water partition coefficient (Wildman–Crippen LogP) is 1.05. The molecule has 2 heterocycles. The Morgan fingerprint density at radius 2 is 2.12 bits per heavy atom. The quantitative estimate of drug-likeness (QED) is 0.575. The molecular formula is C16H20N4O3S2. The third-order valence-corrected chi connectivity index (χ3v) is 6.31. The third-order valence-electron chi connectivity index (χ3n) is 4.15. The molecule has 0 aromatic carbocycles. The fourth-order valence-corrected chi connectivity index (χ4v) is 5.17. The summed E-state index contributed by atoms with van der Waals surface area (Å²) in [5.41, 5.74) is 6.15. The molecule has 134 valence electrons. The van der Waals surface area contributed by atoms with E-state index in [4.69, 9.17) is 5.73 Å². The van der Waals surface area contributed by atoms with E-state index in [1.807, 2.05) is 6.92 Å². The molecule has 0 unspecified atom stereocenters. The van der Waals surface area contributed by atoms with Crippen LogP contribution in [0.15, 0.2) is 9.95 Å². The van der Waals surface area contributed by atoms with Crippen molar-refractivity contribution in [2.24, 2.45) is 5.73 Å². The van der Waals surface area contributed by atoms with E-state index in [0.29, 0.717) is 11.7 Å². The van der Waals surface area contributed by atoms with Crippen molar-refractivity contribution in [1.29, 1.82) is 0 Å². The molecule has 25 heavy (non-hydrogen) atoms. The van der Waals surface area contributed by atoms with Crippen LogP contribution in [-0.2, 0) is 29.0 Å². The topological polar surface area (TPSA) is 107 Å². The highest BCUT2D eigenvalue weighted by atomic mass is 32.2. The first-order valence-electron chi connectivity index (χ1n) is 8.24. The maximum Gasteiger partial charge on any atom is 0.263 e. The summed E-state index contributed by atoms with van der Waals surface area (Å²) < 4.78 is 1.62. The van der Waals surface area contributed by atoms with Crippen molar-refractivity contribution in [2.45, 2.75) is 44.3 Å². The van der Waals surface area contributed by atoms with Gasteiger partial charge in [-0.25, -0.2) is 4.98 Å². The monoisotopic (exact) mass is 380 g/mol. The second-order valence-electron chi connectivity index (χ2n) is 5.87. The van der Waals surface area contributed by atoms with Gasteiger partial charge in [0.1, 0.15) is 4.83 Å². The van der Waals surface area contributed by atoms with Gasteiger partial charge in [-0.2, -0.15) is 0 Å². The fourth-order valence-electron chi connectivity index (χ4n) is 2.98. The predicted molar refractivity (Wildman–Crippen MR) is 99.1 cm³/mol. The molecule has 3 N–H and O–H groups in total. The van der Waals surface area contributed by atoms with Crippen LogP contribution in [0.5, 0.6) is 0 Å². The van der Waals surface area contributed by atoms with Crippen molar-refractivity contribution in [2.75, 3.05) is 12.3 Å². The normalized spacial score (nSPS) is 13.6. The van der Waals surface area contributed by atoms with Gasteiger partial charge in [-0.05, 0) is 38.2 Å². The van der Waals surface area contributed by atoms with Crippen LogP contribution in [0.3, 0.4) is 0 Å². The molecule has 0 radical (unpaired) electrons. The summed E-state index contributed by atoms with van der Waals surface area (Å²) in [7, 11) is 0. The molecule has 1 aliphatic rings. The first-order chi connectivity index (χ1) is 12.0. The molecule has 0 fully saturated rings. The smallest absolute Gasteiger partial charge is 0.263 e. The molecule has 0 bridgehead atoms. The summed E-state index contributed by atoms with van der Waals surface area (Å²) in [6, 6.07) is 0. The van der Waals surface area contributed by atoms with Gasteiger partial charge in [0, 0.05) is 11.4 Å². The summed E-state index contributed by atoms with van der Waals surface area (Å²) in [6.45, 7) is 2.20. The Morgan fingerprint density at radius 1 is 1.36 bits per heavy atom. The van der Waals surface area contributed by atoms with Gasteiger partial charge >= 0.3 is 0 Å². The number of aryl methyl sites for hydroxylation is 2. The Kier molecular flexibility index (Phi) is 5.43. The van der Waals surface area contributed by atoms with E-state index in [0.717, 1.165) is 35.9 Å². The number of aromatic nitrogens is 2. The summed E-state index contributed by atoms with van der Waals surface area (Å²) in [4.78, 5) is 42.1. The number of thioether (sulfide) groups is 1. The van der Waals surface area contributed by atoms with E-state index in [2.05, 4.69) is 10.3 Å². The minimum Gasteiger partial charge on any atom is -0.368 e. The first kappa shape index (κ1) is 17.9. The molecule has 0 saturated heterocycles. The van der Waals surface area contributed by atoms with Crippen LogP contribution in [0, 0.1) is 0 Å². The Labute approximate surface area is 153 Å². The zero-order valence-corrected chi connectivity index (χ0v) is 15.6. The number of hydrogen-bond donors (Lipinski definition) is 2. The second-order valence-corrected chi connectivity index (χ2v) is 7.89. The van der Waals surface area contributed by atoms with Crippen LogP contribution < -0.4 is 16.6 Å². The van der Waals surface area contributed by atoms with Gasteiger partial charge in [0.25, 0.3) is 5.56 Å². The van der Waals surface area contributed by atoms with Gasteiger partial charge in [-0.3, -0.25) is 19.0 Å². The lowest BCUT2D eigenvalue weighted by atomic mass is 9.97. The fraction of sp³-hybridized carbons (Fsp3) is 0.500. The number of hydrogen-bond acceptors (Lipinski definition) is 6. The number of nitrogens with zero attached hydrogens (tertiary/aromatic N) is 2. The van der Waals surface area contributed by atoms with Crippen molar-refractivity contribution in [3.8, 4) is 0 Å². The summed E-state index contributed by atoms with van der Waals surface area (Å²) in [5, 5.41) is 3.72. The van der Waals surface area contributed by atoms with Crippen molar-refractivity contribution in [1.82, 2.24) is 14.9 Å².